The molecule has 0 amide bonds. The molecule has 0 aromatic carbocycles. The fourth-order valence-electron chi connectivity index (χ4n) is 0.738. The molecule has 0 N–H and O–H groups in total. The summed E-state index contributed by atoms with van der Waals surface area (Å²) in [5, 5.41) is 9.89. The summed E-state index contributed by atoms with van der Waals surface area (Å²) in [5.74, 6) is 0. The van der Waals surface area contributed by atoms with Crippen molar-refractivity contribution < 1.29 is 4.92 Å². The number of hydrogen-bond acceptors (Lipinski definition) is 2. The monoisotopic (exact) mass is 145 g/mol. The molecular weight excluding hydrogens is 130 g/mol. The summed E-state index contributed by atoms with van der Waals surface area (Å²) in [5.41, 5.74) is 0.232. The summed E-state index contributed by atoms with van der Waals surface area (Å²) >= 11 is 0. The third-order valence-electron chi connectivity index (χ3n) is 1.27. The minimum atomic E-state index is -0.258. The van der Waals surface area contributed by atoms with E-state index in [4.69, 9.17) is 0 Å². The number of rotatable bonds is 3. The highest BCUT2D eigenvalue weighted by Crippen LogP contribution is 2.19. The first-order valence-electron chi connectivity index (χ1n) is 3.53. The number of hydrogen-bond donors (Lipinski definition) is 0. The molecule has 10 heavy (non-hydrogen) atoms. The van der Waals surface area contributed by atoms with Crippen LogP contribution in [0.25, 0.3) is 0 Å². The Bertz CT molecular complexity index is 115. The molecule has 0 spiro atoms. The van der Waals surface area contributed by atoms with Crippen molar-refractivity contribution in [2.45, 2.75) is 33.6 Å². The standard InChI is InChI=1S/C7H15NO2/c1-7(2,3)5-4-6-8(9)10/h4-6H2,1-3H3. The second-order valence-corrected chi connectivity index (χ2v) is 3.72. The Kier molecular flexibility index (Phi) is 3.33. The van der Waals surface area contributed by atoms with Gasteiger partial charge in [0.2, 0.25) is 6.54 Å². The van der Waals surface area contributed by atoms with Gasteiger partial charge in [-0.1, -0.05) is 20.8 Å². The lowest BCUT2D eigenvalue weighted by molar-refractivity contribution is -0.480. The number of nitro groups is 1. The van der Waals surface area contributed by atoms with E-state index in [2.05, 4.69) is 20.8 Å². The van der Waals surface area contributed by atoms with E-state index in [-0.39, 0.29) is 16.9 Å². The fraction of sp³-hybridized carbons (Fsp3) is 1.00. The minimum Gasteiger partial charge on any atom is -0.265 e. The van der Waals surface area contributed by atoms with Crippen molar-refractivity contribution >= 4 is 0 Å². The molecular formula is C7H15NO2. The first-order chi connectivity index (χ1) is 4.42. The summed E-state index contributed by atoms with van der Waals surface area (Å²) in [6, 6.07) is 0. The maximum absolute atomic E-state index is 9.89. The van der Waals surface area contributed by atoms with Gasteiger partial charge < -0.3 is 0 Å². The van der Waals surface area contributed by atoms with Crippen LogP contribution in [0.4, 0.5) is 0 Å². The van der Waals surface area contributed by atoms with Gasteiger partial charge in [-0.3, -0.25) is 10.1 Å². The van der Waals surface area contributed by atoms with Gasteiger partial charge >= 0.3 is 0 Å². The highest BCUT2D eigenvalue weighted by atomic mass is 16.6. The van der Waals surface area contributed by atoms with Crippen molar-refractivity contribution in [1.29, 1.82) is 0 Å². The molecule has 0 saturated carbocycles. The predicted molar refractivity (Wildman–Crippen MR) is 40.6 cm³/mol. The molecule has 0 heterocycles. The zero-order chi connectivity index (χ0) is 8.20. The largest absolute Gasteiger partial charge is 0.265 e. The molecule has 0 atom stereocenters. The molecule has 0 aromatic heterocycles. The molecule has 0 radical (unpaired) electrons. The molecule has 0 aliphatic rings. The summed E-state index contributed by atoms with van der Waals surface area (Å²) in [6.07, 6.45) is 1.62. The van der Waals surface area contributed by atoms with E-state index in [0.29, 0.717) is 6.42 Å². The molecule has 0 aliphatic heterocycles. The number of nitrogens with zero attached hydrogens (tertiary/aromatic N) is 1. The average Bonchev–Trinajstić information content (AvgIpc) is 1.59. The lowest BCUT2D eigenvalue weighted by Crippen LogP contribution is -2.08. The van der Waals surface area contributed by atoms with Crippen LogP contribution in [0.2, 0.25) is 0 Å². The van der Waals surface area contributed by atoms with Crippen molar-refractivity contribution in [2.75, 3.05) is 6.54 Å². The van der Waals surface area contributed by atoms with Gasteiger partial charge in [-0.2, -0.15) is 0 Å². The van der Waals surface area contributed by atoms with Gasteiger partial charge in [0.25, 0.3) is 0 Å². The second kappa shape index (κ2) is 3.54. The minimum absolute atomic E-state index is 0.108. The topological polar surface area (TPSA) is 43.1 Å². The average molecular weight is 145 g/mol. The molecule has 0 aromatic rings. The Balaban J connectivity index is 3.29. The van der Waals surface area contributed by atoms with Crippen LogP contribution in [0.15, 0.2) is 0 Å². The third kappa shape index (κ3) is 7.40. The van der Waals surface area contributed by atoms with Crippen LogP contribution in [0.3, 0.4) is 0 Å². The van der Waals surface area contributed by atoms with E-state index in [1.54, 1.807) is 0 Å². The molecule has 0 rings (SSSR count). The summed E-state index contributed by atoms with van der Waals surface area (Å²) in [4.78, 5) is 9.63. The summed E-state index contributed by atoms with van der Waals surface area (Å²) in [7, 11) is 0. The molecule has 3 heteroatoms. The smallest absolute Gasteiger partial charge is 0.203 e. The van der Waals surface area contributed by atoms with Crippen molar-refractivity contribution in [3.05, 3.63) is 10.1 Å². The Morgan fingerprint density at radius 3 is 2.20 bits per heavy atom. The van der Waals surface area contributed by atoms with Gasteiger partial charge in [0.15, 0.2) is 0 Å². The van der Waals surface area contributed by atoms with E-state index in [1.807, 2.05) is 0 Å². The van der Waals surface area contributed by atoms with Crippen molar-refractivity contribution in [2.24, 2.45) is 5.41 Å². The van der Waals surface area contributed by atoms with Gasteiger partial charge in [-0.05, 0) is 11.8 Å². The van der Waals surface area contributed by atoms with E-state index < -0.39 is 0 Å². The zero-order valence-electron chi connectivity index (χ0n) is 6.89. The van der Waals surface area contributed by atoms with Crippen LogP contribution in [0, 0.1) is 15.5 Å². The lowest BCUT2D eigenvalue weighted by atomic mass is 9.91. The van der Waals surface area contributed by atoms with Gasteiger partial charge in [-0.15, -0.1) is 0 Å². The molecule has 60 valence electrons. The van der Waals surface area contributed by atoms with Crippen LogP contribution >= 0.6 is 0 Å². The molecule has 0 bridgehead atoms. The van der Waals surface area contributed by atoms with E-state index in [1.165, 1.54) is 0 Å². The van der Waals surface area contributed by atoms with Crippen molar-refractivity contribution in [1.82, 2.24) is 0 Å². The van der Waals surface area contributed by atoms with Crippen molar-refractivity contribution in [3.63, 3.8) is 0 Å². The molecule has 0 fully saturated rings. The van der Waals surface area contributed by atoms with Gasteiger partial charge in [0.05, 0.1) is 0 Å². The van der Waals surface area contributed by atoms with Crippen LogP contribution < -0.4 is 0 Å². The van der Waals surface area contributed by atoms with Crippen LogP contribution in [-0.2, 0) is 0 Å². The normalized spacial score (nSPS) is 11.5. The van der Waals surface area contributed by atoms with Crippen LogP contribution in [0.1, 0.15) is 33.6 Å². The highest BCUT2D eigenvalue weighted by Gasteiger charge is 2.10. The summed E-state index contributed by atoms with van der Waals surface area (Å²) in [6.45, 7) is 6.38. The molecule has 0 unspecified atom stereocenters. The predicted octanol–water partition coefficient (Wildman–Crippen LogP) is 2.09. The molecule has 3 nitrogen and oxygen atoms in total. The second-order valence-electron chi connectivity index (χ2n) is 3.72. The highest BCUT2D eigenvalue weighted by molar-refractivity contribution is 4.59. The van der Waals surface area contributed by atoms with Crippen LogP contribution in [-0.4, -0.2) is 11.5 Å². The van der Waals surface area contributed by atoms with E-state index in [0.717, 1.165) is 6.42 Å². The third-order valence-corrected chi connectivity index (χ3v) is 1.27. The molecule has 0 aliphatic carbocycles. The zero-order valence-corrected chi connectivity index (χ0v) is 6.89. The summed E-state index contributed by atoms with van der Waals surface area (Å²) < 4.78 is 0. The van der Waals surface area contributed by atoms with Crippen LogP contribution in [0.5, 0.6) is 0 Å². The van der Waals surface area contributed by atoms with E-state index >= 15 is 0 Å². The Labute approximate surface area is 61.6 Å². The maximum Gasteiger partial charge on any atom is 0.203 e. The SMILES string of the molecule is CC(C)(C)CCC[N+](=O)[O-]. The Hall–Kier alpha value is -0.600. The lowest BCUT2D eigenvalue weighted by Gasteiger charge is -2.15. The first kappa shape index (κ1) is 9.40. The first-order valence-corrected chi connectivity index (χ1v) is 3.53. The van der Waals surface area contributed by atoms with Gasteiger partial charge in [-0.25, -0.2) is 0 Å². The van der Waals surface area contributed by atoms with Gasteiger partial charge in [0, 0.05) is 11.3 Å². The Morgan fingerprint density at radius 1 is 1.40 bits per heavy atom. The van der Waals surface area contributed by atoms with Crippen molar-refractivity contribution in [3.8, 4) is 0 Å². The van der Waals surface area contributed by atoms with E-state index in [9.17, 15) is 10.1 Å². The van der Waals surface area contributed by atoms with Gasteiger partial charge in [0.1, 0.15) is 0 Å². The molecule has 0 saturated heterocycles. The quantitative estimate of drug-likeness (QED) is 0.450. The maximum atomic E-state index is 9.89. The Morgan fingerprint density at radius 2 is 1.90 bits per heavy atom. The fourth-order valence-corrected chi connectivity index (χ4v) is 0.738.